The van der Waals surface area contributed by atoms with Gasteiger partial charge in [0, 0.05) is 44.4 Å². The van der Waals surface area contributed by atoms with Gasteiger partial charge in [0.05, 0.1) is 35.6 Å². The summed E-state index contributed by atoms with van der Waals surface area (Å²) >= 11 is 0. The zero-order valence-corrected chi connectivity index (χ0v) is 27.4. The predicted molar refractivity (Wildman–Crippen MR) is 178 cm³/mol. The van der Waals surface area contributed by atoms with E-state index in [2.05, 4.69) is 35.7 Å². The molecule has 0 spiro atoms. The van der Waals surface area contributed by atoms with Crippen LogP contribution >= 0.6 is 0 Å². The van der Waals surface area contributed by atoms with E-state index in [-0.39, 0.29) is 38.2 Å². The topological polar surface area (TPSA) is 108 Å². The number of nitriles is 1. The first-order valence-electron chi connectivity index (χ1n) is 17.6. The van der Waals surface area contributed by atoms with Crippen molar-refractivity contribution in [2.75, 3.05) is 44.2 Å². The molecular formula is C37H39F2N7O3. The molecule has 49 heavy (non-hydrogen) atoms. The van der Waals surface area contributed by atoms with Gasteiger partial charge in [-0.15, -0.1) is 0 Å². The number of amides is 1. The Bertz CT molecular complexity index is 1910. The summed E-state index contributed by atoms with van der Waals surface area (Å²) in [6.45, 7) is 5.49. The number of alkyl halides is 1. The molecule has 1 amide bonds. The van der Waals surface area contributed by atoms with E-state index in [1.165, 1.54) is 22.4 Å². The maximum Gasteiger partial charge on any atom is 0.319 e. The molecule has 3 aliphatic heterocycles. The Morgan fingerprint density at radius 1 is 1.18 bits per heavy atom. The normalized spacial score (nSPS) is 28.6. The number of carbonyl (C=O) groups is 1. The number of rotatable bonds is 9. The second-order valence-electron chi connectivity index (χ2n) is 14.8. The summed E-state index contributed by atoms with van der Waals surface area (Å²) in [5.41, 5.74) is 4.75. The van der Waals surface area contributed by atoms with E-state index in [9.17, 15) is 18.8 Å². The van der Waals surface area contributed by atoms with Crippen molar-refractivity contribution >= 4 is 22.6 Å². The van der Waals surface area contributed by atoms with Crippen LogP contribution in [-0.4, -0.2) is 93.8 Å². The molecule has 0 radical (unpaired) electrons. The third-order valence-electron chi connectivity index (χ3n) is 11.6. The standard InChI is InChI=1S/C37H39F2N7O3/c1-21(38)35(47)46-13-12-44(19-24(46)8-10-40)34-30-17-41-31(27-5-2-4-26-28-14-22(28)15-29(26)27)33(49-25-6-7-25)32(30)42-36(43-34)48-20-37-9-3-11-45(37)18-23(39)16-37/h2,4-5,17,22-25,28H,1,3,6-9,11-16,18-20H2/t22-,23+,24-,28-,37-/m0/s1. The maximum absolute atomic E-state index is 14.6. The summed E-state index contributed by atoms with van der Waals surface area (Å²) in [7, 11) is 0. The van der Waals surface area contributed by atoms with E-state index in [0.717, 1.165) is 49.9 Å². The smallest absolute Gasteiger partial charge is 0.319 e. The van der Waals surface area contributed by atoms with Crippen LogP contribution in [0.1, 0.15) is 62.0 Å². The molecule has 0 unspecified atom stereocenters. The van der Waals surface area contributed by atoms with Gasteiger partial charge in [-0.05, 0) is 68.0 Å². The molecule has 3 aromatic rings. The highest BCUT2D eigenvalue weighted by atomic mass is 19.1. The predicted octanol–water partition coefficient (Wildman–Crippen LogP) is 5.26. The molecular weight excluding hydrogens is 628 g/mol. The Kier molecular flexibility index (Phi) is 7.27. The molecule has 0 N–H and O–H groups in total. The lowest BCUT2D eigenvalue weighted by Crippen LogP contribution is -2.55. The SMILES string of the molecule is C=C(F)C(=O)N1CCN(c2nc(OC[C@@]34CCCN3C[C@H](F)C4)nc3c(OC4CC4)c(-c4cccc5c4C[C@@H]4C[C@H]54)ncc23)C[C@@H]1CC#N. The molecule has 1 aromatic carbocycles. The number of ether oxygens (including phenoxy) is 2. The van der Waals surface area contributed by atoms with Crippen molar-refractivity contribution in [3.05, 3.63) is 47.9 Å². The molecule has 5 heterocycles. The number of hydrogen-bond acceptors (Lipinski definition) is 9. The molecule has 2 saturated carbocycles. The van der Waals surface area contributed by atoms with E-state index in [0.29, 0.717) is 53.8 Å². The van der Waals surface area contributed by atoms with E-state index in [1.807, 2.05) is 4.90 Å². The molecule has 254 valence electrons. The van der Waals surface area contributed by atoms with Crippen LogP contribution in [0, 0.1) is 17.2 Å². The maximum atomic E-state index is 14.6. The third-order valence-corrected chi connectivity index (χ3v) is 11.6. The number of piperazine rings is 1. The number of aromatic nitrogens is 3. The van der Waals surface area contributed by atoms with Crippen LogP contribution in [0.25, 0.3) is 22.2 Å². The molecule has 6 aliphatic rings. The summed E-state index contributed by atoms with van der Waals surface area (Å²) in [5, 5.41) is 10.3. The first-order chi connectivity index (χ1) is 23.8. The zero-order chi connectivity index (χ0) is 33.4. The van der Waals surface area contributed by atoms with Crippen molar-refractivity contribution in [2.24, 2.45) is 5.92 Å². The molecule has 10 nitrogen and oxygen atoms in total. The van der Waals surface area contributed by atoms with Crippen LogP contribution in [0.15, 0.2) is 36.8 Å². The van der Waals surface area contributed by atoms with Gasteiger partial charge in [-0.1, -0.05) is 24.8 Å². The fourth-order valence-corrected chi connectivity index (χ4v) is 8.91. The van der Waals surface area contributed by atoms with Gasteiger partial charge in [0.1, 0.15) is 29.8 Å². The van der Waals surface area contributed by atoms with E-state index in [1.54, 1.807) is 6.20 Å². The lowest BCUT2D eigenvalue weighted by atomic mass is 9.95. The molecule has 5 fully saturated rings. The van der Waals surface area contributed by atoms with Crippen LogP contribution in [0.3, 0.4) is 0 Å². The van der Waals surface area contributed by atoms with Gasteiger partial charge in [0.2, 0.25) is 0 Å². The Morgan fingerprint density at radius 2 is 2.06 bits per heavy atom. The van der Waals surface area contributed by atoms with Crippen molar-refractivity contribution in [1.29, 1.82) is 5.26 Å². The Balaban J connectivity index is 1.15. The lowest BCUT2D eigenvalue weighted by molar-refractivity contribution is -0.131. The quantitative estimate of drug-likeness (QED) is 0.283. The number of pyridine rings is 1. The molecule has 2 aromatic heterocycles. The number of nitrogens with zero attached hydrogens (tertiary/aromatic N) is 7. The van der Waals surface area contributed by atoms with Gasteiger partial charge in [0.25, 0.3) is 5.91 Å². The van der Waals surface area contributed by atoms with Crippen molar-refractivity contribution < 1.29 is 23.0 Å². The van der Waals surface area contributed by atoms with Crippen LogP contribution in [-0.2, 0) is 11.2 Å². The minimum absolute atomic E-state index is 0.0180. The lowest BCUT2D eigenvalue weighted by Gasteiger charge is -2.41. The Labute approximate surface area is 283 Å². The molecule has 5 atom stereocenters. The highest BCUT2D eigenvalue weighted by Crippen LogP contribution is 2.58. The third kappa shape index (κ3) is 5.28. The van der Waals surface area contributed by atoms with E-state index in [4.69, 9.17) is 24.4 Å². The average molecular weight is 668 g/mol. The van der Waals surface area contributed by atoms with Crippen LogP contribution < -0.4 is 14.4 Å². The number of anilines is 1. The van der Waals surface area contributed by atoms with Crippen molar-refractivity contribution in [3.63, 3.8) is 0 Å². The first kappa shape index (κ1) is 30.7. The second-order valence-corrected chi connectivity index (χ2v) is 14.8. The Hall–Kier alpha value is -4.37. The summed E-state index contributed by atoms with van der Waals surface area (Å²) in [4.78, 5) is 33.2. The summed E-state index contributed by atoms with van der Waals surface area (Å²) in [6, 6.07) is 8.21. The number of halogens is 2. The van der Waals surface area contributed by atoms with Crippen molar-refractivity contribution in [1.82, 2.24) is 24.8 Å². The molecule has 12 heteroatoms. The largest absolute Gasteiger partial charge is 0.486 e. The number of fused-ring (bicyclic) bond motifs is 5. The molecule has 9 rings (SSSR count). The summed E-state index contributed by atoms with van der Waals surface area (Å²) in [6.07, 6.45) is 7.42. The summed E-state index contributed by atoms with van der Waals surface area (Å²) < 4.78 is 41.7. The van der Waals surface area contributed by atoms with Gasteiger partial charge in [0.15, 0.2) is 11.6 Å². The van der Waals surface area contributed by atoms with Crippen molar-refractivity contribution in [2.45, 2.75) is 81.1 Å². The first-order valence-corrected chi connectivity index (χ1v) is 17.6. The van der Waals surface area contributed by atoms with Crippen LogP contribution in [0.2, 0.25) is 0 Å². The number of benzene rings is 1. The highest BCUT2D eigenvalue weighted by Gasteiger charge is 2.50. The minimum atomic E-state index is -1.05. The van der Waals surface area contributed by atoms with E-state index < -0.39 is 29.5 Å². The fourth-order valence-electron chi connectivity index (χ4n) is 8.91. The van der Waals surface area contributed by atoms with Gasteiger partial charge in [-0.25, -0.2) is 8.78 Å². The second kappa shape index (κ2) is 11.6. The molecule has 0 bridgehead atoms. The Morgan fingerprint density at radius 3 is 2.88 bits per heavy atom. The summed E-state index contributed by atoms with van der Waals surface area (Å²) in [5.74, 6) is 0.624. The number of carbonyl (C=O) groups excluding carboxylic acids is 1. The van der Waals surface area contributed by atoms with Crippen molar-refractivity contribution in [3.8, 4) is 29.1 Å². The van der Waals surface area contributed by atoms with Crippen LogP contribution in [0.4, 0.5) is 14.6 Å². The zero-order valence-electron chi connectivity index (χ0n) is 27.4. The van der Waals surface area contributed by atoms with Crippen LogP contribution in [0.5, 0.6) is 11.8 Å². The average Bonchev–Trinajstić information content (AvgIpc) is 3.97. The van der Waals surface area contributed by atoms with Gasteiger partial charge < -0.3 is 19.3 Å². The molecule has 3 saturated heterocycles. The van der Waals surface area contributed by atoms with E-state index >= 15 is 0 Å². The van der Waals surface area contributed by atoms with Gasteiger partial charge in [-0.3, -0.25) is 14.7 Å². The fraction of sp³-hybridized carbons (Fsp3) is 0.541. The number of hydrogen-bond donors (Lipinski definition) is 0. The van der Waals surface area contributed by atoms with Gasteiger partial charge >= 0.3 is 6.01 Å². The monoisotopic (exact) mass is 667 g/mol. The van der Waals surface area contributed by atoms with Gasteiger partial charge in [-0.2, -0.15) is 15.2 Å². The molecule has 3 aliphatic carbocycles. The highest BCUT2D eigenvalue weighted by molar-refractivity contribution is 5.97. The minimum Gasteiger partial charge on any atom is -0.486 e.